The number of nitrogens with one attached hydrogen (secondary N) is 2. The molecule has 0 fully saturated rings. The van der Waals surface area contributed by atoms with Crippen molar-refractivity contribution in [2.75, 3.05) is 20.6 Å². The molecule has 0 saturated heterocycles. The molecule has 0 unspecified atom stereocenters. The molecule has 2 N–H and O–H groups in total. The van der Waals surface area contributed by atoms with Gasteiger partial charge in [-0.3, -0.25) is 4.99 Å². The highest BCUT2D eigenvalue weighted by atomic mass is 127. The minimum Gasteiger partial charge on any atom is -0.356 e. The van der Waals surface area contributed by atoms with Gasteiger partial charge in [-0.1, -0.05) is 18.2 Å². The molecule has 2 aromatic rings. The quantitative estimate of drug-likeness (QED) is 0.309. The van der Waals surface area contributed by atoms with Crippen molar-refractivity contribution in [3.8, 4) is 0 Å². The normalized spacial score (nSPS) is 12.1. The third-order valence-electron chi connectivity index (χ3n) is 4.26. The van der Waals surface area contributed by atoms with Crippen LogP contribution in [0.4, 0.5) is 0 Å². The molecule has 0 amide bonds. The van der Waals surface area contributed by atoms with E-state index < -0.39 is 10.0 Å². The zero-order valence-corrected chi connectivity index (χ0v) is 20.6. The van der Waals surface area contributed by atoms with Gasteiger partial charge in [-0.2, -0.15) is 4.31 Å². The van der Waals surface area contributed by atoms with Crippen LogP contribution < -0.4 is 10.6 Å². The highest BCUT2D eigenvalue weighted by Gasteiger charge is 2.22. The summed E-state index contributed by atoms with van der Waals surface area (Å²) < 4.78 is 26.4. The van der Waals surface area contributed by atoms with Gasteiger partial charge >= 0.3 is 0 Å². The molecule has 156 valence electrons. The number of hydrogen-bond acceptors (Lipinski definition) is 4. The Morgan fingerprint density at radius 2 is 1.86 bits per heavy atom. The lowest BCUT2D eigenvalue weighted by Crippen LogP contribution is -2.37. The van der Waals surface area contributed by atoms with Crippen molar-refractivity contribution in [2.45, 2.75) is 37.8 Å². The van der Waals surface area contributed by atoms with Crippen molar-refractivity contribution >= 4 is 51.3 Å². The number of sulfonamides is 1. The van der Waals surface area contributed by atoms with E-state index in [1.54, 1.807) is 37.6 Å². The lowest BCUT2D eigenvalue weighted by atomic mass is 10.2. The summed E-state index contributed by atoms with van der Waals surface area (Å²) in [5.74, 6) is 0.725. The third-order valence-corrected chi connectivity index (χ3v) is 7.24. The van der Waals surface area contributed by atoms with E-state index >= 15 is 0 Å². The first-order valence-electron chi connectivity index (χ1n) is 8.88. The zero-order valence-electron chi connectivity index (χ0n) is 16.7. The Labute approximate surface area is 189 Å². The zero-order chi connectivity index (χ0) is 19.9. The summed E-state index contributed by atoms with van der Waals surface area (Å²) in [6, 6.07) is 11.0. The summed E-state index contributed by atoms with van der Waals surface area (Å²) in [5, 5.41) is 8.61. The first-order chi connectivity index (χ1) is 12.8. The maximum absolute atomic E-state index is 12.5. The van der Waals surface area contributed by atoms with Crippen molar-refractivity contribution in [1.29, 1.82) is 0 Å². The van der Waals surface area contributed by atoms with Crippen LogP contribution in [-0.2, 0) is 23.0 Å². The molecule has 1 heterocycles. The van der Waals surface area contributed by atoms with Crippen molar-refractivity contribution in [2.24, 2.45) is 4.99 Å². The second-order valence-corrected chi connectivity index (χ2v) is 9.47. The number of aliphatic imine (C=N–C) groups is 1. The maximum Gasteiger partial charge on any atom is 0.243 e. The van der Waals surface area contributed by atoms with Crippen LogP contribution in [0.25, 0.3) is 0 Å². The average Bonchev–Trinajstić information content (AvgIpc) is 3.17. The summed E-state index contributed by atoms with van der Waals surface area (Å²) in [5.41, 5.74) is 0.988. The molecule has 0 radical (unpaired) electrons. The molecule has 0 aliphatic rings. The number of halogens is 1. The van der Waals surface area contributed by atoms with E-state index in [1.165, 1.54) is 9.18 Å². The van der Waals surface area contributed by atoms with Gasteiger partial charge in [0.15, 0.2) is 5.96 Å². The lowest BCUT2D eigenvalue weighted by molar-refractivity contribution is 0.410. The minimum atomic E-state index is -3.45. The molecule has 2 rings (SSSR count). The molecule has 0 spiro atoms. The minimum absolute atomic E-state index is 0. The van der Waals surface area contributed by atoms with Crippen LogP contribution >= 0.6 is 35.3 Å². The van der Waals surface area contributed by atoms with E-state index in [4.69, 9.17) is 0 Å². The van der Waals surface area contributed by atoms with Gasteiger partial charge in [0, 0.05) is 38.1 Å². The number of hydrogen-bond donors (Lipinski definition) is 2. The van der Waals surface area contributed by atoms with Crippen LogP contribution in [0, 0.1) is 0 Å². The SMILES string of the molecule is CN=C(NCCc1cccs1)NCc1ccc(S(=O)(=O)N(C)C(C)C)cc1.I. The highest BCUT2D eigenvalue weighted by Crippen LogP contribution is 2.17. The predicted octanol–water partition coefficient (Wildman–Crippen LogP) is 3.30. The molecule has 0 saturated carbocycles. The first-order valence-corrected chi connectivity index (χ1v) is 11.2. The Kier molecular flexibility index (Phi) is 10.4. The lowest BCUT2D eigenvalue weighted by Gasteiger charge is -2.21. The number of guanidine groups is 1. The third kappa shape index (κ3) is 7.02. The molecule has 9 heteroatoms. The molecule has 0 aliphatic carbocycles. The Balaban J connectivity index is 0.00000392. The summed E-state index contributed by atoms with van der Waals surface area (Å²) in [6.07, 6.45) is 0.953. The second kappa shape index (κ2) is 11.7. The standard InChI is InChI=1S/C19H28N4O2S2.HI/c1-15(2)23(4)27(24,25)18-9-7-16(8-10-18)14-22-19(20-3)21-12-11-17-6-5-13-26-17;/h5-10,13,15H,11-12,14H2,1-4H3,(H2,20,21,22);1H. The molecular formula is C19H29IN4O2S2. The van der Waals surface area contributed by atoms with Crippen LogP contribution in [0.1, 0.15) is 24.3 Å². The second-order valence-electron chi connectivity index (χ2n) is 6.44. The van der Waals surface area contributed by atoms with Crippen molar-refractivity contribution in [3.05, 3.63) is 52.2 Å². The molecule has 0 bridgehead atoms. The fourth-order valence-corrected chi connectivity index (χ4v) is 4.47. The monoisotopic (exact) mass is 536 g/mol. The Morgan fingerprint density at radius 3 is 2.39 bits per heavy atom. The van der Waals surface area contributed by atoms with Gasteiger partial charge in [-0.05, 0) is 49.4 Å². The van der Waals surface area contributed by atoms with Crippen LogP contribution in [-0.4, -0.2) is 45.4 Å². The van der Waals surface area contributed by atoms with Gasteiger partial charge in [-0.15, -0.1) is 35.3 Å². The van der Waals surface area contributed by atoms with E-state index in [0.29, 0.717) is 11.4 Å². The number of benzene rings is 1. The van der Waals surface area contributed by atoms with Gasteiger partial charge in [0.25, 0.3) is 0 Å². The Bertz CT molecular complexity index is 835. The number of thiophene rings is 1. The topological polar surface area (TPSA) is 73.8 Å². The van der Waals surface area contributed by atoms with Crippen LogP contribution in [0.15, 0.2) is 51.7 Å². The van der Waals surface area contributed by atoms with E-state index in [2.05, 4.69) is 33.1 Å². The molecule has 28 heavy (non-hydrogen) atoms. The fourth-order valence-electron chi connectivity index (χ4n) is 2.39. The van der Waals surface area contributed by atoms with Gasteiger partial charge < -0.3 is 10.6 Å². The van der Waals surface area contributed by atoms with Crippen molar-refractivity contribution < 1.29 is 8.42 Å². The van der Waals surface area contributed by atoms with E-state index in [9.17, 15) is 8.42 Å². The maximum atomic E-state index is 12.5. The number of nitrogens with zero attached hydrogens (tertiary/aromatic N) is 2. The first kappa shape index (κ1) is 24.9. The van der Waals surface area contributed by atoms with Gasteiger partial charge in [0.05, 0.1) is 4.90 Å². The molecule has 6 nitrogen and oxygen atoms in total. The van der Waals surface area contributed by atoms with E-state index in [0.717, 1.165) is 24.5 Å². The molecule has 0 atom stereocenters. The molecule has 1 aromatic heterocycles. The van der Waals surface area contributed by atoms with Gasteiger partial charge in [0.2, 0.25) is 10.0 Å². The highest BCUT2D eigenvalue weighted by molar-refractivity contribution is 14.0. The molecule has 1 aromatic carbocycles. The van der Waals surface area contributed by atoms with Crippen molar-refractivity contribution in [3.63, 3.8) is 0 Å². The smallest absolute Gasteiger partial charge is 0.243 e. The van der Waals surface area contributed by atoms with Gasteiger partial charge in [0.1, 0.15) is 0 Å². The van der Waals surface area contributed by atoms with E-state index in [1.807, 2.05) is 26.0 Å². The van der Waals surface area contributed by atoms with Crippen LogP contribution in [0.3, 0.4) is 0 Å². The van der Waals surface area contributed by atoms with Crippen LogP contribution in [0.5, 0.6) is 0 Å². The van der Waals surface area contributed by atoms with E-state index in [-0.39, 0.29) is 30.0 Å². The molecular weight excluding hydrogens is 507 g/mol. The van der Waals surface area contributed by atoms with Crippen LogP contribution in [0.2, 0.25) is 0 Å². The Morgan fingerprint density at radius 1 is 1.18 bits per heavy atom. The number of rotatable bonds is 8. The fraction of sp³-hybridized carbons (Fsp3) is 0.421. The van der Waals surface area contributed by atoms with Crippen molar-refractivity contribution in [1.82, 2.24) is 14.9 Å². The summed E-state index contributed by atoms with van der Waals surface area (Å²) in [7, 11) is -0.114. The predicted molar refractivity (Wildman–Crippen MR) is 128 cm³/mol. The summed E-state index contributed by atoms with van der Waals surface area (Å²) in [6.45, 7) is 5.08. The Hall–Kier alpha value is -1.17. The summed E-state index contributed by atoms with van der Waals surface area (Å²) in [4.78, 5) is 5.86. The molecule has 0 aliphatic heterocycles. The average molecular weight is 537 g/mol. The largest absolute Gasteiger partial charge is 0.356 e. The summed E-state index contributed by atoms with van der Waals surface area (Å²) >= 11 is 1.75. The van der Waals surface area contributed by atoms with Gasteiger partial charge in [-0.25, -0.2) is 8.42 Å².